The number of aryl methyl sites for hydroxylation is 1. The zero-order chi connectivity index (χ0) is 22.8. The quantitative estimate of drug-likeness (QED) is 0.269. The van der Waals surface area contributed by atoms with Crippen molar-refractivity contribution in [1.82, 2.24) is 9.55 Å². The molecule has 0 saturated carbocycles. The van der Waals surface area contributed by atoms with Crippen molar-refractivity contribution >= 4 is 34.3 Å². The lowest BCUT2D eigenvalue weighted by Crippen LogP contribution is -2.24. The molecule has 0 unspecified atom stereocenters. The number of rotatable bonds is 6. The van der Waals surface area contributed by atoms with Gasteiger partial charge in [-0.15, -0.1) is 0 Å². The number of para-hydroxylation sites is 1. The van der Waals surface area contributed by atoms with Gasteiger partial charge in [0.05, 0.1) is 17.9 Å². The van der Waals surface area contributed by atoms with E-state index in [0.29, 0.717) is 16.5 Å². The van der Waals surface area contributed by atoms with Gasteiger partial charge < -0.3 is 19.6 Å². The van der Waals surface area contributed by atoms with Crippen LogP contribution in [0.5, 0.6) is 0 Å². The smallest absolute Gasteiger partial charge is 0.357 e. The van der Waals surface area contributed by atoms with Gasteiger partial charge >= 0.3 is 5.97 Å². The van der Waals surface area contributed by atoms with Crippen LogP contribution in [0, 0.1) is 5.82 Å². The maximum Gasteiger partial charge on any atom is 0.357 e. The minimum absolute atomic E-state index is 0.0474. The van der Waals surface area contributed by atoms with E-state index in [2.05, 4.69) is 10.3 Å². The fourth-order valence-electron chi connectivity index (χ4n) is 3.63. The number of nitrogens with zero attached hydrogens (tertiary/aromatic N) is 1. The van der Waals surface area contributed by atoms with Crippen LogP contribution in [0.1, 0.15) is 27.8 Å². The number of carbonyl (C=O) groups is 3. The molecular weight excluding hydrogens is 413 g/mol. The Kier molecular flexibility index (Phi) is 5.59. The van der Waals surface area contributed by atoms with Crippen LogP contribution in [0.3, 0.4) is 0 Å². The number of aromatic amines is 1. The summed E-state index contributed by atoms with van der Waals surface area (Å²) in [7, 11) is 1.60. The predicted octanol–water partition coefficient (Wildman–Crippen LogP) is 4.31. The SMILES string of the molecule is CCOC(=O)c1c(NC(=O)C(=O)c2c[nH]c3ccccc23)c(-c2cccc(F)c2)cn1C. The number of nitrogens with one attached hydrogen (secondary N) is 2. The summed E-state index contributed by atoms with van der Waals surface area (Å²) in [6.45, 7) is 1.79. The molecule has 162 valence electrons. The molecule has 32 heavy (non-hydrogen) atoms. The van der Waals surface area contributed by atoms with Crippen LogP contribution >= 0.6 is 0 Å². The highest BCUT2D eigenvalue weighted by Gasteiger charge is 2.27. The Balaban J connectivity index is 1.76. The molecule has 0 aliphatic rings. The van der Waals surface area contributed by atoms with Gasteiger partial charge in [0.1, 0.15) is 5.82 Å². The molecule has 0 radical (unpaired) electrons. The Morgan fingerprint density at radius 2 is 1.91 bits per heavy atom. The number of anilines is 1. The van der Waals surface area contributed by atoms with Crippen molar-refractivity contribution in [3.05, 3.63) is 78.0 Å². The number of ether oxygens (including phenoxy) is 1. The number of fused-ring (bicyclic) bond motifs is 1. The van der Waals surface area contributed by atoms with Crippen molar-refractivity contribution in [3.8, 4) is 11.1 Å². The fraction of sp³-hybridized carbons (Fsp3) is 0.125. The van der Waals surface area contributed by atoms with Crippen LogP contribution in [0.15, 0.2) is 60.9 Å². The monoisotopic (exact) mass is 433 g/mol. The largest absolute Gasteiger partial charge is 0.461 e. The molecule has 4 aromatic rings. The van der Waals surface area contributed by atoms with E-state index in [1.807, 2.05) is 6.07 Å². The van der Waals surface area contributed by atoms with Gasteiger partial charge in [0.2, 0.25) is 0 Å². The molecule has 2 N–H and O–H groups in total. The van der Waals surface area contributed by atoms with Gasteiger partial charge in [-0.25, -0.2) is 9.18 Å². The molecule has 0 atom stereocenters. The number of ketones is 1. The van der Waals surface area contributed by atoms with Crippen molar-refractivity contribution in [2.24, 2.45) is 7.05 Å². The van der Waals surface area contributed by atoms with E-state index >= 15 is 0 Å². The summed E-state index contributed by atoms with van der Waals surface area (Å²) in [5, 5.41) is 3.17. The van der Waals surface area contributed by atoms with Crippen LogP contribution in [0.2, 0.25) is 0 Å². The van der Waals surface area contributed by atoms with Gasteiger partial charge in [0, 0.05) is 35.9 Å². The first-order valence-electron chi connectivity index (χ1n) is 9.95. The molecule has 0 aliphatic carbocycles. The molecule has 7 nitrogen and oxygen atoms in total. The van der Waals surface area contributed by atoms with Gasteiger partial charge in [0.15, 0.2) is 5.69 Å². The lowest BCUT2D eigenvalue weighted by Gasteiger charge is -2.10. The van der Waals surface area contributed by atoms with Crippen molar-refractivity contribution in [2.75, 3.05) is 11.9 Å². The van der Waals surface area contributed by atoms with E-state index < -0.39 is 23.5 Å². The van der Waals surface area contributed by atoms with Crippen LogP contribution in [-0.4, -0.2) is 33.8 Å². The average Bonchev–Trinajstić information content (AvgIpc) is 3.34. The zero-order valence-electron chi connectivity index (χ0n) is 17.4. The first-order chi connectivity index (χ1) is 15.4. The molecule has 1 amide bonds. The Hall–Kier alpha value is -4.20. The summed E-state index contributed by atoms with van der Waals surface area (Å²) in [6, 6.07) is 12.8. The maximum absolute atomic E-state index is 13.9. The van der Waals surface area contributed by atoms with E-state index in [9.17, 15) is 18.8 Å². The molecule has 0 fully saturated rings. The molecule has 2 aromatic carbocycles. The standard InChI is InChI=1S/C24H20FN3O4/c1-3-32-24(31)21-20(18(13-28(21)2)14-7-6-8-15(25)11-14)27-23(30)22(29)17-12-26-19-10-5-4-9-16(17)19/h4-13,26H,3H2,1-2H3,(H,27,30). The molecule has 4 rings (SSSR count). The van der Waals surface area contributed by atoms with Crippen LogP contribution < -0.4 is 5.32 Å². The number of H-pyrrole nitrogens is 1. The summed E-state index contributed by atoms with van der Waals surface area (Å²) >= 11 is 0. The third-order valence-corrected chi connectivity index (χ3v) is 5.06. The first kappa shape index (κ1) is 21.0. The molecule has 0 aliphatic heterocycles. The van der Waals surface area contributed by atoms with E-state index in [1.54, 1.807) is 44.4 Å². The zero-order valence-corrected chi connectivity index (χ0v) is 17.4. The molecule has 8 heteroatoms. The number of halogens is 1. The number of aromatic nitrogens is 2. The fourth-order valence-corrected chi connectivity index (χ4v) is 3.63. The number of hydrogen-bond donors (Lipinski definition) is 2. The highest BCUT2D eigenvalue weighted by molar-refractivity contribution is 6.48. The number of amides is 1. The molecular formula is C24H20FN3O4. The van der Waals surface area contributed by atoms with E-state index in [-0.39, 0.29) is 23.6 Å². The highest BCUT2D eigenvalue weighted by Crippen LogP contribution is 2.34. The van der Waals surface area contributed by atoms with E-state index in [4.69, 9.17) is 4.74 Å². The lowest BCUT2D eigenvalue weighted by molar-refractivity contribution is -0.112. The van der Waals surface area contributed by atoms with E-state index in [0.717, 1.165) is 5.52 Å². The minimum Gasteiger partial charge on any atom is -0.461 e. The second-order valence-electron chi connectivity index (χ2n) is 7.14. The second-order valence-corrected chi connectivity index (χ2v) is 7.14. The normalized spacial score (nSPS) is 10.8. The summed E-state index contributed by atoms with van der Waals surface area (Å²) in [5.74, 6) is -2.85. The maximum atomic E-state index is 13.9. The summed E-state index contributed by atoms with van der Waals surface area (Å²) in [4.78, 5) is 41.4. The van der Waals surface area contributed by atoms with Crippen molar-refractivity contribution in [3.63, 3.8) is 0 Å². The van der Waals surface area contributed by atoms with Crippen molar-refractivity contribution in [1.29, 1.82) is 0 Å². The summed E-state index contributed by atoms with van der Waals surface area (Å²) in [5.41, 5.74) is 1.87. The number of hydrogen-bond acceptors (Lipinski definition) is 4. The minimum atomic E-state index is -0.927. The molecule has 0 spiro atoms. The molecule has 0 bridgehead atoms. The summed E-state index contributed by atoms with van der Waals surface area (Å²) < 4.78 is 20.4. The van der Waals surface area contributed by atoms with Gasteiger partial charge in [-0.05, 0) is 30.7 Å². The number of benzene rings is 2. The topological polar surface area (TPSA) is 93.2 Å². The Morgan fingerprint density at radius 1 is 1.12 bits per heavy atom. The molecule has 2 aromatic heterocycles. The predicted molar refractivity (Wildman–Crippen MR) is 118 cm³/mol. The van der Waals surface area contributed by atoms with Crippen LogP contribution in [0.25, 0.3) is 22.0 Å². The van der Waals surface area contributed by atoms with Crippen molar-refractivity contribution in [2.45, 2.75) is 6.92 Å². The lowest BCUT2D eigenvalue weighted by atomic mass is 10.1. The third-order valence-electron chi connectivity index (χ3n) is 5.06. The highest BCUT2D eigenvalue weighted by atomic mass is 19.1. The second kappa shape index (κ2) is 8.50. The van der Waals surface area contributed by atoms with Crippen LogP contribution in [-0.2, 0) is 16.6 Å². The Morgan fingerprint density at radius 3 is 2.66 bits per heavy atom. The Labute approximate surface area is 182 Å². The molecule has 2 heterocycles. The first-order valence-corrected chi connectivity index (χ1v) is 9.95. The van der Waals surface area contributed by atoms with Gasteiger partial charge in [-0.1, -0.05) is 30.3 Å². The van der Waals surface area contributed by atoms with Gasteiger partial charge in [-0.2, -0.15) is 0 Å². The van der Waals surface area contributed by atoms with Crippen molar-refractivity contribution < 1.29 is 23.5 Å². The Bertz CT molecular complexity index is 1350. The summed E-state index contributed by atoms with van der Waals surface area (Å²) in [6.07, 6.45) is 3.05. The number of esters is 1. The average molecular weight is 433 g/mol. The molecule has 0 saturated heterocycles. The van der Waals surface area contributed by atoms with Crippen LogP contribution in [0.4, 0.5) is 10.1 Å². The van der Waals surface area contributed by atoms with Gasteiger partial charge in [0.25, 0.3) is 11.7 Å². The number of Topliss-reactive ketones (excluding diaryl/α,β-unsaturated/α-hetero) is 1. The number of carbonyl (C=O) groups excluding carboxylic acids is 3. The van der Waals surface area contributed by atoms with Gasteiger partial charge in [-0.3, -0.25) is 9.59 Å². The van der Waals surface area contributed by atoms with E-state index in [1.165, 1.54) is 29.0 Å². The third kappa shape index (κ3) is 3.78.